The van der Waals surface area contributed by atoms with Gasteiger partial charge in [-0.2, -0.15) is 0 Å². The SMILES string of the molecule is COC(=O)C1CC1CC(C)c1cc(C)cc(C)c1OC. The molecule has 3 unspecified atom stereocenters. The number of hydrogen-bond acceptors (Lipinski definition) is 3. The summed E-state index contributed by atoms with van der Waals surface area (Å²) in [6.07, 6.45) is 1.98. The molecule has 110 valence electrons. The van der Waals surface area contributed by atoms with Crippen molar-refractivity contribution in [2.75, 3.05) is 14.2 Å². The van der Waals surface area contributed by atoms with Crippen molar-refractivity contribution in [3.63, 3.8) is 0 Å². The molecule has 1 aromatic rings. The van der Waals surface area contributed by atoms with E-state index in [1.807, 2.05) is 0 Å². The molecule has 1 fully saturated rings. The van der Waals surface area contributed by atoms with E-state index in [1.54, 1.807) is 7.11 Å². The Hall–Kier alpha value is -1.51. The van der Waals surface area contributed by atoms with Gasteiger partial charge in [0.15, 0.2) is 0 Å². The van der Waals surface area contributed by atoms with E-state index in [0.29, 0.717) is 11.8 Å². The number of rotatable bonds is 5. The van der Waals surface area contributed by atoms with Gasteiger partial charge in [-0.1, -0.05) is 24.6 Å². The highest BCUT2D eigenvalue weighted by molar-refractivity contribution is 5.75. The molecule has 2 rings (SSSR count). The second-order valence-corrected chi connectivity index (χ2v) is 5.97. The smallest absolute Gasteiger partial charge is 0.308 e. The number of hydrogen-bond donors (Lipinski definition) is 0. The van der Waals surface area contributed by atoms with Crippen LogP contribution in [-0.4, -0.2) is 20.2 Å². The summed E-state index contributed by atoms with van der Waals surface area (Å²) in [4.78, 5) is 11.5. The minimum absolute atomic E-state index is 0.0606. The van der Waals surface area contributed by atoms with Crippen molar-refractivity contribution in [3.8, 4) is 5.75 Å². The molecule has 1 saturated carbocycles. The van der Waals surface area contributed by atoms with Crippen molar-refractivity contribution in [1.82, 2.24) is 0 Å². The van der Waals surface area contributed by atoms with Crippen molar-refractivity contribution >= 4 is 5.97 Å². The monoisotopic (exact) mass is 276 g/mol. The van der Waals surface area contributed by atoms with E-state index < -0.39 is 0 Å². The number of ether oxygens (including phenoxy) is 2. The quantitative estimate of drug-likeness (QED) is 0.771. The number of carbonyl (C=O) groups excluding carboxylic acids is 1. The average molecular weight is 276 g/mol. The molecule has 3 nitrogen and oxygen atoms in total. The van der Waals surface area contributed by atoms with E-state index >= 15 is 0 Å². The standard InChI is InChI=1S/C17H24O3/c1-10-6-12(3)16(19-4)14(7-10)11(2)8-13-9-15(13)17(18)20-5/h6-7,11,13,15H,8-9H2,1-5H3. The summed E-state index contributed by atoms with van der Waals surface area (Å²) in [5.74, 6) is 1.89. The molecule has 1 aliphatic carbocycles. The summed E-state index contributed by atoms with van der Waals surface area (Å²) in [6.45, 7) is 6.40. The Bertz CT molecular complexity index is 507. The zero-order valence-electron chi connectivity index (χ0n) is 13.0. The summed E-state index contributed by atoms with van der Waals surface area (Å²) in [6, 6.07) is 4.34. The average Bonchev–Trinajstić information content (AvgIpc) is 3.16. The molecule has 3 atom stereocenters. The largest absolute Gasteiger partial charge is 0.496 e. The fraction of sp³-hybridized carbons (Fsp3) is 0.588. The fourth-order valence-corrected chi connectivity index (χ4v) is 3.16. The van der Waals surface area contributed by atoms with Crippen LogP contribution >= 0.6 is 0 Å². The topological polar surface area (TPSA) is 35.5 Å². The number of methoxy groups -OCH3 is 2. The zero-order chi connectivity index (χ0) is 14.9. The molecule has 0 aliphatic heterocycles. The molecular formula is C17H24O3. The van der Waals surface area contributed by atoms with Crippen LogP contribution in [0.25, 0.3) is 0 Å². The molecule has 0 spiro atoms. The Morgan fingerprint density at radius 2 is 2.05 bits per heavy atom. The Morgan fingerprint density at radius 1 is 1.35 bits per heavy atom. The summed E-state index contributed by atoms with van der Waals surface area (Å²) in [7, 11) is 3.19. The number of benzene rings is 1. The Morgan fingerprint density at radius 3 is 2.65 bits per heavy atom. The Labute approximate surface area is 121 Å². The van der Waals surface area contributed by atoms with E-state index in [1.165, 1.54) is 23.8 Å². The summed E-state index contributed by atoms with van der Waals surface area (Å²) in [5.41, 5.74) is 3.68. The van der Waals surface area contributed by atoms with Crippen molar-refractivity contribution < 1.29 is 14.3 Å². The normalized spacial score (nSPS) is 22.2. The maximum absolute atomic E-state index is 11.5. The first-order valence-corrected chi connectivity index (χ1v) is 7.20. The lowest BCUT2D eigenvalue weighted by Gasteiger charge is -2.18. The Balaban J connectivity index is 2.10. The first kappa shape index (κ1) is 14.9. The van der Waals surface area contributed by atoms with Gasteiger partial charge in [-0.05, 0) is 49.7 Å². The van der Waals surface area contributed by atoms with Gasteiger partial charge in [-0.3, -0.25) is 4.79 Å². The fourth-order valence-electron chi connectivity index (χ4n) is 3.16. The predicted octanol–water partition coefficient (Wildman–Crippen LogP) is 3.61. The minimum atomic E-state index is -0.0606. The van der Waals surface area contributed by atoms with Crippen LogP contribution in [-0.2, 0) is 9.53 Å². The molecule has 0 amide bonds. The molecule has 0 N–H and O–H groups in total. The van der Waals surface area contributed by atoms with Crippen LogP contribution in [0.1, 0.15) is 42.4 Å². The van der Waals surface area contributed by atoms with Crippen molar-refractivity contribution in [3.05, 3.63) is 28.8 Å². The zero-order valence-corrected chi connectivity index (χ0v) is 13.0. The van der Waals surface area contributed by atoms with Gasteiger partial charge in [-0.15, -0.1) is 0 Å². The second kappa shape index (κ2) is 5.86. The number of aryl methyl sites for hydroxylation is 2. The lowest BCUT2D eigenvalue weighted by Crippen LogP contribution is -2.06. The van der Waals surface area contributed by atoms with Crippen LogP contribution in [0, 0.1) is 25.7 Å². The molecule has 0 saturated heterocycles. The van der Waals surface area contributed by atoms with E-state index in [4.69, 9.17) is 9.47 Å². The van der Waals surface area contributed by atoms with Crippen molar-refractivity contribution in [2.45, 2.75) is 39.5 Å². The van der Waals surface area contributed by atoms with E-state index in [0.717, 1.165) is 18.6 Å². The molecular weight excluding hydrogens is 252 g/mol. The first-order valence-electron chi connectivity index (χ1n) is 7.20. The van der Waals surface area contributed by atoms with Crippen LogP contribution in [0.4, 0.5) is 0 Å². The van der Waals surface area contributed by atoms with E-state index in [2.05, 4.69) is 32.9 Å². The van der Waals surface area contributed by atoms with Gasteiger partial charge in [-0.25, -0.2) is 0 Å². The number of carbonyl (C=O) groups is 1. The lowest BCUT2D eigenvalue weighted by atomic mass is 9.91. The third-order valence-electron chi connectivity index (χ3n) is 4.27. The highest BCUT2D eigenvalue weighted by Crippen LogP contribution is 2.47. The lowest BCUT2D eigenvalue weighted by molar-refractivity contribution is -0.142. The maximum Gasteiger partial charge on any atom is 0.308 e. The van der Waals surface area contributed by atoms with E-state index in [-0.39, 0.29) is 11.9 Å². The third-order valence-corrected chi connectivity index (χ3v) is 4.27. The van der Waals surface area contributed by atoms with Crippen LogP contribution in [0.3, 0.4) is 0 Å². The minimum Gasteiger partial charge on any atom is -0.496 e. The summed E-state index contributed by atoms with van der Waals surface area (Å²) < 4.78 is 10.4. The Kier molecular flexibility index (Phi) is 4.36. The molecule has 3 heteroatoms. The van der Waals surface area contributed by atoms with Crippen LogP contribution < -0.4 is 4.74 Å². The summed E-state index contributed by atoms with van der Waals surface area (Å²) >= 11 is 0. The van der Waals surface area contributed by atoms with Gasteiger partial charge in [0.1, 0.15) is 5.75 Å². The molecule has 0 heterocycles. The molecule has 0 aromatic heterocycles. The highest BCUT2D eigenvalue weighted by Gasteiger charge is 2.44. The van der Waals surface area contributed by atoms with Crippen molar-refractivity contribution in [1.29, 1.82) is 0 Å². The summed E-state index contributed by atoms with van der Waals surface area (Å²) in [5, 5.41) is 0. The van der Waals surface area contributed by atoms with Crippen LogP contribution in [0.2, 0.25) is 0 Å². The van der Waals surface area contributed by atoms with Gasteiger partial charge in [0, 0.05) is 0 Å². The maximum atomic E-state index is 11.5. The molecule has 20 heavy (non-hydrogen) atoms. The van der Waals surface area contributed by atoms with Gasteiger partial charge in [0.2, 0.25) is 0 Å². The molecule has 0 radical (unpaired) electrons. The van der Waals surface area contributed by atoms with Gasteiger partial charge < -0.3 is 9.47 Å². The molecule has 0 bridgehead atoms. The van der Waals surface area contributed by atoms with Crippen LogP contribution in [0.5, 0.6) is 5.75 Å². The predicted molar refractivity (Wildman–Crippen MR) is 79.1 cm³/mol. The van der Waals surface area contributed by atoms with Gasteiger partial charge >= 0.3 is 5.97 Å². The first-order chi connectivity index (χ1) is 9.47. The van der Waals surface area contributed by atoms with Crippen LogP contribution in [0.15, 0.2) is 12.1 Å². The van der Waals surface area contributed by atoms with Gasteiger partial charge in [0.25, 0.3) is 0 Å². The third kappa shape index (κ3) is 2.97. The molecule has 1 aliphatic rings. The number of esters is 1. The molecule has 1 aromatic carbocycles. The second-order valence-electron chi connectivity index (χ2n) is 5.97. The van der Waals surface area contributed by atoms with Crippen molar-refractivity contribution in [2.24, 2.45) is 11.8 Å². The van der Waals surface area contributed by atoms with E-state index in [9.17, 15) is 4.79 Å². The van der Waals surface area contributed by atoms with Gasteiger partial charge in [0.05, 0.1) is 20.1 Å². The highest BCUT2D eigenvalue weighted by atomic mass is 16.5.